The molecule has 0 heterocycles. The molecule has 2 nitrogen and oxygen atoms in total. The van der Waals surface area contributed by atoms with Crippen LogP contribution >= 0.6 is 0 Å². The highest BCUT2D eigenvalue weighted by molar-refractivity contribution is 5.17. The molecule has 20 heavy (non-hydrogen) atoms. The van der Waals surface area contributed by atoms with Crippen LogP contribution in [0.3, 0.4) is 0 Å². The lowest BCUT2D eigenvalue weighted by atomic mass is 9.86. The molecule has 1 aromatic carbocycles. The summed E-state index contributed by atoms with van der Waals surface area (Å²) in [6, 6.07) is 7.52. The van der Waals surface area contributed by atoms with E-state index >= 15 is 0 Å². The van der Waals surface area contributed by atoms with Gasteiger partial charge in [-0.2, -0.15) is 0 Å². The molecule has 0 aliphatic rings. The Bertz CT molecular complexity index is 406. The van der Waals surface area contributed by atoms with Crippen LogP contribution in [-0.4, -0.2) is 31.1 Å². The summed E-state index contributed by atoms with van der Waals surface area (Å²) in [4.78, 5) is 2.21. The van der Waals surface area contributed by atoms with Gasteiger partial charge in [-0.15, -0.1) is 0 Å². The van der Waals surface area contributed by atoms with Gasteiger partial charge in [0.15, 0.2) is 0 Å². The van der Waals surface area contributed by atoms with Gasteiger partial charge in [-0.1, -0.05) is 45.9 Å². The van der Waals surface area contributed by atoms with Crippen molar-refractivity contribution in [3.63, 3.8) is 0 Å². The van der Waals surface area contributed by atoms with Crippen molar-refractivity contribution in [2.24, 2.45) is 5.41 Å². The number of benzene rings is 1. The highest BCUT2D eigenvalue weighted by Crippen LogP contribution is 2.22. The van der Waals surface area contributed by atoms with Crippen molar-refractivity contribution in [3.8, 4) is 0 Å². The Labute approximate surface area is 123 Å². The first-order valence-electron chi connectivity index (χ1n) is 7.51. The molecule has 0 fully saturated rings. The van der Waals surface area contributed by atoms with E-state index in [9.17, 15) is 4.39 Å². The third-order valence-electron chi connectivity index (χ3n) is 3.84. The lowest BCUT2D eigenvalue weighted by Crippen LogP contribution is -2.42. The zero-order valence-corrected chi connectivity index (χ0v) is 13.5. The molecule has 0 amide bonds. The highest BCUT2D eigenvalue weighted by atomic mass is 19.1. The van der Waals surface area contributed by atoms with E-state index in [1.165, 1.54) is 6.07 Å². The first kappa shape index (κ1) is 17.1. The van der Waals surface area contributed by atoms with Gasteiger partial charge in [0, 0.05) is 31.2 Å². The largest absolute Gasteiger partial charge is 0.314 e. The van der Waals surface area contributed by atoms with Crippen LogP contribution in [0.5, 0.6) is 0 Å². The van der Waals surface area contributed by atoms with Crippen molar-refractivity contribution >= 4 is 0 Å². The maximum absolute atomic E-state index is 13.7. The van der Waals surface area contributed by atoms with Crippen LogP contribution in [0.2, 0.25) is 0 Å². The van der Waals surface area contributed by atoms with Gasteiger partial charge in [-0.05, 0) is 24.9 Å². The van der Waals surface area contributed by atoms with Crippen LogP contribution in [0.15, 0.2) is 24.3 Å². The van der Waals surface area contributed by atoms with Crippen molar-refractivity contribution in [2.75, 3.05) is 20.1 Å². The minimum atomic E-state index is -0.113. The number of rotatable bonds is 8. The lowest BCUT2D eigenvalue weighted by molar-refractivity contribution is 0.171. The van der Waals surface area contributed by atoms with Crippen LogP contribution in [0, 0.1) is 11.2 Å². The third-order valence-corrected chi connectivity index (χ3v) is 3.84. The SMILES string of the molecule is CCC(C)(CNC(C)C)CN(C)Cc1ccccc1F. The molecule has 1 aromatic rings. The summed E-state index contributed by atoms with van der Waals surface area (Å²) >= 11 is 0. The van der Waals surface area contributed by atoms with Crippen molar-refractivity contribution in [1.29, 1.82) is 0 Å². The Hall–Kier alpha value is -0.930. The molecular formula is C17H29FN2. The molecule has 114 valence electrons. The van der Waals surface area contributed by atoms with Crippen molar-refractivity contribution < 1.29 is 4.39 Å². The molecule has 0 saturated carbocycles. The molecule has 0 aliphatic carbocycles. The first-order chi connectivity index (χ1) is 9.36. The second-order valence-electron chi connectivity index (χ2n) is 6.46. The van der Waals surface area contributed by atoms with Crippen LogP contribution in [0.4, 0.5) is 4.39 Å². The second kappa shape index (κ2) is 7.75. The number of hydrogen-bond acceptors (Lipinski definition) is 2. The Morgan fingerprint density at radius 1 is 1.30 bits per heavy atom. The minimum Gasteiger partial charge on any atom is -0.314 e. The summed E-state index contributed by atoms with van der Waals surface area (Å²) in [7, 11) is 2.07. The van der Waals surface area contributed by atoms with E-state index in [2.05, 4.69) is 45.0 Å². The van der Waals surface area contributed by atoms with Gasteiger partial charge in [0.25, 0.3) is 0 Å². The third kappa shape index (κ3) is 5.59. The molecule has 0 saturated heterocycles. The lowest BCUT2D eigenvalue weighted by Gasteiger charge is -2.34. The molecule has 0 bridgehead atoms. The van der Waals surface area contributed by atoms with Gasteiger partial charge in [0.2, 0.25) is 0 Å². The fourth-order valence-corrected chi connectivity index (χ4v) is 2.37. The van der Waals surface area contributed by atoms with E-state index in [4.69, 9.17) is 0 Å². The Morgan fingerprint density at radius 3 is 2.50 bits per heavy atom. The van der Waals surface area contributed by atoms with E-state index in [1.807, 2.05) is 12.1 Å². The topological polar surface area (TPSA) is 15.3 Å². The summed E-state index contributed by atoms with van der Waals surface area (Å²) in [5.74, 6) is -0.113. The van der Waals surface area contributed by atoms with Crippen molar-refractivity contribution in [1.82, 2.24) is 10.2 Å². The number of hydrogen-bond donors (Lipinski definition) is 1. The van der Waals surface area contributed by atoms with Crippen LogP contribution in [0.25, 0.3) is 0 Å². The van der Waals surface area contributed by atoms with Crippen LogP contribution < -0.4 is 5.32 Å². The zero-order chi connectivity index (χ0) is 15.2. The van der Waals surface area contributed by atoms with Gasteiger partial charge >= 0.3 is 0 Å². The standard InChI is InChI=1S/C17H29FN2/c1-6-17(4,12-19-14(2)3)13-20(5)11-15-9-7-8-10-16(15)18/h7-10,14,19H,6,11-13H2,1-5H3. The maximum atomic E-state index is 13.7. The minimum absolute atomic E-state index is 0.113. The first-order valence-corrected chi connectivity index (χ1v) is 7.51. The Balaban J connectivity index is 2.58. The molecule has 0 radical (unpaired) electrons. The average molecular weight is 280 g/mol. The number of nitrogens with zero attached hydrogens (tertiary/aromatic N) is 1. The predicted octanol–water partition coefficient (Wildman–Crippen LogP) is 3.67. The molecule has 1 rings (SSSR count). The maximum Gasteiger partial charge on any atom is 0.127 e. The van der Waals surface area contributed by atoms with Crippen molar-refractivity contribution in [3.05, 3.63) is 35.6 Å². The van der Waals surface area contributed by atoms with Gasteiger partial charge in [0.1, 0.15) is 5.82 Å². The quantitative estimate of drug-likeness (QED) is 0.781. The van der Waals surface area contributed by atoms with Gasteiger partial charge in [0.05, 0.1) is 0 Å². The van der Waals surface area contributed by atoms with E-state index in [0.29, 0.717) is 12.6 Å². The van der Waals surface area contributed by atoms with Crippen molar-refractivity contribution in [2.45, 2.75) is 46.7 Å². The fraction of sp³-hybridized carbons (Fsp3) is 0.647. The highest BCUT2D eigenvalue weighted by Gasteiger charge is 2.24. The molecular weight excluding hydrogens is 251 g/mol. The van der Waals surface area contributed by atoms with Gasteiger partial charge in [-0.3, -0.25) is 0 Å². The second-order valence-corrected chi connectivity index (χ2v) is 6.46. The molecule has 3 heteroatoms. The summed E-state index contributed by atoms with van der Waals surface area (Å²) in [5, 5.41) is 3.52. The van der Waals surface area contributed by atoms with Crippen LogP contribution in [0.1, 0.15) is 39.7 Å². The fourth-order valence-electron chi connectivity index (χ4n) is 2.37. The Kier molecular flexibility index (Phi) is 6.63. The van der Waals surface area contributed by atoms with Gasteiger partial charge < -0.3 is 10.2 Å². The molecule has 1 N–H and O–H groups in total. The average Bonchev–Trinajstić information content (AvgIpc) is 2.39. The Morgan fingerprint density at radius 2 is 1.95 bits per heavy atom. The summed E-state index contributed by atoms with van der Waals surface area (Å²) in [6.45, 7) is 11.4. The van der Waals surface area contributed by atoms with E-state index < -0.39 is 0 Å². The molecule has 1 unspecified atom stereocenters. The number of nitrogens with one attached hydrogen (secondary N) is 1. The monoisotopic (exact) mass is 280 g/mol. The molecule has 1 atom stereocenters. The van der Waals surface area contributed by atoms with Crippen LogP contribution in [-0.2, 0) is 6.54 Å². The molecule has 0 aliphatic heterocycles. The van der Waals surface area contributed by atoms with Gasteiger partial charge in [-0.25, -0.2) is 4.39 Å². The summed E-state index contributed by atoms with van der Waals surface area (Å²) < 4.78 is 13.7. The number of halogens is 1. The summed E-state index contributed by atoms with van der Waals surface area (Å²) in [5.41, 5.74) is 0.981. The van der Waals surface area contributed by atoms with E-state index in [-0.39, 0.29) is 11.2 Å². The predicted molar refractivity (Wildman–Crippen MR) is 84.3 cm³/mol. The molecule has 0 spiro atoms. The zero-order valence-electron chi connectivity index (χ0n) is 13.5. The van der Waals surface area contributed by atoms with E-state index in [1.54, 1.807) is 6.07 Å². The smallest absolute Gasteiger partial charge is 0.127 e. The normalized spacial score (nSPS) is 14.8. The van der Waals surface area contributed by atoms with E-state index in [0.717, 1.165) is 25.1 Å². The molecule has 0 aromatic heterocycles. The summed E-state index contributed by atoms with van der Waals surface area (Å²) in [6.07, 6.45) is 1.11.